The van der Waals surface area contributed by atoms with Gasteiger partial charge in [0, 0.05) is 32.0 Å². The molecule has 0 bridgehead atoms. The molecule has 28 heavy (non-hydrogen) atoms. The lowest BCUT2D eigenvalue weighted by Crippen LogP contribution is -2.36. The van der Waals surface area contributed by atoms with E-state index in [0.29, 0.717) is 17.8 Å². The molecule has 1 N–H and O–H groups in total. The summed E-state index contributed by atoms with van der Waals surface area (Å²) >= 11 is 0. The monoisotopic (exact) mass is 405 g/mol. The molecule has 1 aliphatic rings. The third-order valence-electron chi connectivity index (χ3n) is 4.82. The number of nitrogens with zero attached hydrogens (tertiary/aromatic N) is 2. The average Bonchev–Trinajstić information content (AvgIpc) is 2.63. The van der Waals surface area contributed by atoms with E-state index < -0.39 is 10.0 Å². The number of carbonyl (C=O) groups excluding carboxylic acids is 1. The molecular weight excluding hydrogens is 381 g/mol. The topological polar surface area (TPSA) is 69.7 Å². The van der Waals surface area contributed by atoms with Gasteiger partial charge in [0.2, 0.25) is 15.9 Å². The second-order valence-electron chi connectivity index (χ2n) is 7.11. The summed E-state index contributed by atoms with van der Waals surface area (Å²) in [5, 5.41) is 2.77. The fourth-order valence-corrected chi connectivity index (χ4v) is 4.48. The molecule has 0 unspecified atom stereocenters. The van der Waals surface area contributed by atoms with Crippen molar-refractivity contribution < 1.29 is 17.6 Å². The highest BCUT2D eigenvalue weighted by atomic mass is 32.2. The van der Waals surface area contributed by atoms with Gasteiger partial charge in [0.25, 0.3) is 0 Å². The molecule has 2 aromatic carbocycles. The first kappa shape index (κ1) is 20.3. The van der Waals surface area contributed by atoms with Crippen LogP contribution in [0.4, 0.5) is 15.8 Å². The van der Waals surface area contributed by atoms with Crippen LogP contribution in [0.2, 0.25) is 0 Å². The fourth-order valence-electron chi connectivity index (χ4n) is 3.33. The first-order valence-corrected chi connectivity index (χ1v) is 10.5. The Morgan fingerprint density at radius 2 is 1.96 bits per heavy atom. The number of amides is 1. The minimum absolute atomic E-state index is 0.113. The lowest BCUT2D eigenvalue weighted by atomic mass is 10.0. The SMILES string of the molecule is Cc1ccc(NC(=O)CN2CCCc3cc(F)ccc32)cc1S(=O)(=O)N(C)C. The van der Waals surface area contributed by atoms with Gasteiger partial charge in [-0.1, -0.05) is 6.07 Å². The first-order chi connectivity index (χ1) is 13.2. The zero-order valence-electron chi connectivity index (χ0n) is 16.2. The van der Waals surface area contributed by atoms with E-state index in [9.17, 15) is 17.6 Å². The molecule has 3 rings (SSSR count). The largest absolute Gasteiger partial charge is 0.362 e. The van der Waals surface area contributed by atoms with Gasteiger partial charge in [0.05, 0.1) is 11.4 Å². The standard InChI is InChI=1S/C20H24FN3O3S/c1-14-6-8-17(12-19(14)28(26,27)23(2)3)22-20(25)13-24-10-4-5-15-11-16(21)7-9-18(15)24/h6-9,11-12H,4-5,10,13H2,1-3H3,(H,22,25). The number of benzene rings is 2. The summed E-state index contributed by atoms with van der Waals surface area (Å²) < 4.78 is 39.5. The quantitative estimate of drug-likeness (QED) is 0.831. The molecule has 0 spiro atoms. The Morgan fingerprint density at radius 1 is 1.21 bits per heavy atom. The van der Waals surface area contributed by atoms with Gasteiger partial charge in [0.15, 0.2) is 0 Å². The van der Waals surface area contributed by atoms with Gasteiger partial charge < -0.3 is 10.2 Å². The van der Waals surface area contributed by atoms with Crippen molar-refractivity contribution in [2.45, 2.75) is 24.7 Å². The number of anilines is 2. The minimum Gasteiger partial charge on any atom is -0.362 e. The van der Waals surface area contributed by atoms with Crippen LogP contribution in [0.15, 0.2) is 41.3 Å². The van der Waals surface area contributed by atoms with Gasteiger partial charge in [-0.2, -0.15) is 0 Å². The van der Waals surface area contributed by atoms with Gasteiger partial charge >= 0.3 is 0 Å². The van der Waals surface area contributed by atoms with Gasteiger partial charge in [-0.3, -0.25) is 4.79 Å². The van der Waals surface area contributed by atoms with Crippen molar-refractivity contribution in [2.24, 2.45) is 0 Å². The predicted molar refractivity (Wildman–Crippen MR) is 108 cm³/mol. The van der Waals surface area contributed by atoms with E-state index in [1.165, 1.54) is 32.3 Å². The molecule has 0 aliphatic carbocycles. The van der Waals surface area contributed by atoms with Crippen LogP contribution in [0.1, 0.15) is 17.5 Å². The molecule has 1 aliphatic heterocycles. The summed E-state index contributed by atoms with van der Waals surface area (Å²) in [5.74, 6) is -0.534. The molecule has 1 heterocycles. The zero-order valence-corrected chi connectivity index (χ0v) is 17.0. The molecule has 2 aromatic rings. The lowest BCUT2D eigenvalue weighted by molar-refractivity contribution is -0.115. The summed E-state index contributed by atoms with van der Waals surface area (Å²) in [6.07, 6.45) is 1.63. The minimum atomic E-state index is -3.60. The molecule has 0 radical (unpaired) electrons. The van der Waals surface area contributed by atoms with Crippen LogP contribution in [0.3, 0.4) is 0 Å². The maximum atomic E-state index is 13.4. The van der Waals surface area contributed by atoms with Gasteiger partial charge in [-0.15, -0.1) is 0 Å². The van der Waals surface area contributed by atoms with Crippen LogP contribution >= 0.6 is 0 Å². The second kappa shape index (κ2) is 7.89. The van der Waals surface area contributed by atoms with Crippen molar-refractivity contribution in [2.75, 3.05) is 37.4 Å². The van der Waals surface area contributed by atoms with Crippen molar-refractivity contribution in [1.82, 2.24) is 4.31 Å². The number of sulfonamides is 1. The molecule has 0 atom stereocenters. The zero-order chi connectivity index (χ0) is 20.5. The first-order valence-electron chi connectivity index (χ1n) is 9.05. The third-order valence-corrected chi connectivity index (χ3v) is 6.78. The Morgan fingerprint density at radius 3 is 2.68 bits per heavy atom. The van der Waals surface area contributed by atoms with Crippen molar-refractivity contribution in [3.63, 3.8) is 0 Å². The van der Waals surface area contributed by atoms with E-state index in [1.807, 2.05) is 4.90 Å². The van der Waals surface area contributed by atoms with Gasteiger partial charge in [-0.25, -0.2) is 17.1 Å². The summed E-state index contributed by atoms with van der Waals surface area (Å²) in [6, 6.07) is 9.43. The predicted octanol–water partition coefficient (Wildman–Crippen LogP) is 2.78. The van der Waals surface area contributed by atoms with Gasteiger partial charge in [0.1, 0.15) is 5.82 Å². The van der Waals surface area contributed by atoms with Crippen molar-refractivity contribution in [1.29, 1.82) is 0 Å². The third kappa shape index (κ3) is 4.18. The van der Waals surface area contributed by atoms with Crippen molar-refractivity contribution in [3.8, 4) is 0 Å². The number of hydrogen-bond donors (Lipinski definition) is 1. The molecule has 150 valence electrons. The van der Waals surface area contributed by atoms with Crippen LogP contribution in [0.25, 0.3) is 0 Å². The summed E-state index contributed by atoms with van der Waals surface area (Å²) in [4.78, 5) is 14.6. The maximum Gasteiger partial charge on any atom is 0.243 e. The number of rotatable bonds is 5. The summed E-state index contributed by atoms with van der Waals surface area (Å²) in [6.45, 7) is 2.54. The van der Waals surface area contributed by atoms with Crippen LogP contribution in [0, 0.1) is 12.7 Å². The number of fused-ring (bicyclic) bond motifs is 1. The Labute approximate surface area is 165 Å². The molecule has 0 saturated carbocycles. The van der Waals surface area contributed by atoms with E-state index in [4.69, 9.17) is 0 Å². The average molecular weight is 405 g/mol. The highest BCUT2D eigenvalue weighted by Crippen LogP contribution is 2.28. The van der Waals surface area contributed by atoms with E-state index in [-0.39, 0.29) is 23.2 Å². The molecule has 0 saturated heterocycles. The fraction of sp³-hybridized carbons (Fsp3) is 0.350. The summed E-state index contributed by atoms with van der Waals surface area (Å²) in [7, 11) is -0.663. The van der Waals surface area contributed by atoms with Gasteiger partial charge in [-0.05, 0) is 61.2 Å². The van der Waals surface area contributed by atoms with E-state index in [0.717, 1.165) is 28.4 Å². The molecule has 8 heteroatoms. The number of carbonyl (C=O) groups is 1. The Bertz CT molecular complexity index is 1010. The van der Waals surface area contributed by atoms with Crippen LogP contribution in [-0.2, 0) is 21.2 Å². The molecule has 6 nitrogen and oxygen atoms in total. The second-order valence-corrected chi connectivity index (χ2v) is 9.23. The van der Waals surface area contributed by atoms with Crippen molar-refractivity contribution in [3.05, 3.63) is 53.3 Å². The smallest absolute Gasteiger partial charge is 0.243 e. The highest BCUT2D eigenvalue weighted by molar-refractivity contribution is 7.89. The van der Waals surface area contributed by atoms with Crippen LogP contribution in [0.5, 0.6) is 0 Å². The maximum absolute atomic E-state index is 13.4. The number of aryl methyl sites for hydroxylation is 2. The van der Waals surface area contributed by atoms with Crippen LogP contribution in [-0.4, -0.2) is 45.8 Å². The summed E-state index contributed by atoms with van der Waals surface area (Å²) in [5.41, 5.74) is 2.79. The Hall–Kier alpha value is -2.45. The normalized spacial score (nSPS) is 14.1. The molecular formula is C20H24FN3O3S. The van der Waals surface area contributed by atoms with Crippen LogP contribution < -0.4 is 10.2 Å². The van der Waals surface area contributed by atoms with E-state index in [2.05, 4.69) is 5.32 Å². The molecule has 0 fully saturated rings. The highest BCUT2D eigenvalue weighted by Gasteiger charge is 2.22. The number of hydrogen-bond acceptors (Lipinski definition) is 4. The molecule has 1 amide bonds. The Kier molecular flexibility index (Phi) is 5.71. The number of halogens is 1. The van der Waals surface area contributed by atoms with Crippen molar-refractivity contribution >= 4 is 27.3 Å². The Balaban J connectivity index is 1.77. The number of nitrogens with one attached hydrogen (secondary N) is 1. The van der Waals surface area contributed by atoms with E-state index >= 15 is 0 Å². The lowest BCUT2D eigenvalue weighted by Gasteiger charge is -2.30. The molecule has 0 aromatic heterocycles. The van der Waals surface area contributed by atoms with E-state index in [1.54, 1.807) is 25.1 Å².